The molecule has 0 amide bonds. The molecule has 1 atom stereocenters. The molecule has 2 N–H and O–H groups in total. The second kappa shape index (κ2) is 15.2. The first-order valence-electron chi connectivity index (χ1n) is 9.98. The normalized spacial score (nSPS) is 16.1. The van der Waals surface area contributed by atoms with Crippen molar-refractivity contribution < 1.29 is 13.9 Å². The predicted molar refractivity (Wildman–Crippen MR) is 120 cm³/mol. The van der Waals surface area contributed by atoms with Crippen molar-refractivity contribution in [1.82, 2.24) is 10.6 Å². The molecule has 27 heavy (non-hydrogen) atoms. The molecule has 1 aromatic heterocycles. The summed E-state index contributed by atoms with van der Waals surface area (Å²) in [7, 11) is 1.71. The van der Waals surface area contributed by atoms with Crippen LogP contribution in [0.2, 0.25) is 0 Å². The van der Waals surface area contributed by atoms with E-state index < -0.39 is 0 Å². The Balaban J connectivity index is 0.00000364. The van der Waals surface area contributed by atoms with E-state index in [0.717, 1.165) is 50.8 Å². The van der Waals surface area contributed by atoms with Crippen LogP contribution in [-0.2, 0) is 15.9 Å². The molecule has 0 bridgehead atoms. The summed E-state index contributed by atoms with van der Waals surface area (Å²) in [6, 6.07) is 3.91. The molecule has 1 aliphatic rings. The van der Waals surface area contributed by atoms with Crippen LogP contribution in [0.25, 0.3) is 0 Å². The monoisotopic (exact) mass is 493 g/mol. The van der Waals surface area contributed by atoms with Crippen molar-refractivity contribution >= 4 is 29.9 Å². The lowest BCUT2D eigenvalue weighted by atomic mass is 9.98. The molecule has 1 aliphatic carbocycles. The summed E-state index contributed by atoms with van der Waals surface area (Å²) >= 11 is 0. The highest BCUT2D eigenvalue weighted by Crippen LogP contribution is 2.30. The zero-order chi connectivity index (χ0) is 18.5. The molecule has 6 nitrogen and oxygen atoms in total. The van der Waals surface area contributed by atoms with Gasteiger partial charge in [0.2, 0.25) is 0 Å². The molecule has 1 fully saturated rings. The molecule has 0 radical (unpaired) electrons. The number of rotatable bonds is 12. The molecule has 1 aromatic rings. The summed E-state index contributed by atoms with van der Waals surface area (Å²) in [4.78, 5) is 4.74. The Bertz CT molecular complexity index is 491. The molecule has 1 heterocycles. The maximum absolute atomic E-state index is 5.99. The van der Waals surface area contributed by atoms with E-state index in [-0.39, 0.29) is 24.0 Å². The van der Waals surface area contributed by atoms with Crippen molar-refractivity contribution in [1.29, 1.82) is 0 Å². The largest absolute Gasteiger partial charge is 0.469 e. The van der Waals surface area contributed by atoms with Crippen LogP contribution in [0.5, 0.6) is 0 Å². The number of hydrogen-bond donors (Lipinski definition) is 2. The van der Waals surface area contributed by atoms with Gasteiger partial charge in [-0.25, -0.2) is 0 Å². The lowest BCUT2D eigenvalue weighted by molar-refractivity contribution is 0.0177. The van der Waals surface area contributed by atoms with Crippen molar-refractivity contribution in [3.05, 3.63) is 24.2 Å². The summed E-state index contributed by atoms with van der Waals surface area (Å²) in [5, 5.41) is 6.69. The number of halogens is 1. The van der Waals surface area contributed by atoms with Crippen molar-refractivity contribution in [2.45, 2.75) is 51.6 Å². The highest BCUT2D eigenvalue weighted by Gasteiger charge is 2.24. The van der Waals surface area contributed by atoms with Gasteiger partial charge in [0.15, 0.2) is 5.96 Å². The van der Waals surface area contributed by atoms with Crippen LogP contribution in [-0.4, -0.2) is 52.0 Å². The van der Waals surface area contributed by atoms with Crippen LogP contribution < -0.4 is 10.6 Å². The average molecular weight is 493 g/mol. The maximum Gasteiger partial charge on any atom is 0.191 e. The topological polar surface area (TPSA) is 68.0 Å². The van der Waals surface area contributed by atoms with Gasteiger partial charge in [-0.15, -0.1) is 24.0 Å². The van der Waals surface area contributed by atoms with Gasteiger partial charge in [0.25, 0.3) is 0 Å². The molecule has 7 heteroatoms. The van der Waals surface area contributed by atoms with Crippen LogP contribution in [0.4, 0.5) is 0 Å². The first-order chi connectivity index (χ1) is 12.8. The van der Waals surface area contributed by atoms with E-state index in [2.05, 4.69) is 17.6 Å². The maximum atomic E-state index is 5.99. The van der Waals surface area contributed by atoms with Gasteiger partial charge in [-0.1, -0.05) is 12.8 Å². The Kier molecular flexibility index (Phi) is 13.6. The van der Waals surface area contributed by atoms with E-state index >= 15 is 0 Å². The van der Waals surface area contributed by atoms with Crippen molar-refractivity contribution in [2.75, 3.05) is 40.0 Å². The van der Waals surface area contributed by atoms with Crippen molar-refractivity contribution in [3.8, 4) is 0 Å². The van der Waals surface area contributed by atoms with Crippen molar-refractivity contribution in [3.63, 3.8) is 0 Å². The number of hydrogen-bond acceptors (Lipinski definition) is 4. The molecule has 2 rings (SSSR count). The Labute approximate surface area is 180 Å². The highest BCUT2D eigenvalue weighted by molar-refractivity contribution is 14.0. The van der Waals surface area contributed by atoms with Crippen LogP contribution in [0.15, 0.2) is 27.8 Å². The number of nitrogens with one attached hydrogen (secondary N) is 2. The minimum absolute atomic E-state index is 0. The fourth-order valence-corrected chi connectivity index (χ4v) is 3.51. The van der Waals surface area contributed by atoms with E-state index in [0.29, 0.717) is 18.6 Å². The molecule has 156 valence electrons. The molecule has 0 aliphatic heterocycles. The first kappa shape index (κ1) is 24.2. The molecule has 1 unspecified atom stereocenters. The van der Waals surface area contributed by atoms with E-state index in [1.807, 2.05) is 12.1 Å². The zero-order valence-electron chi connectivity index (χ0n) is 16.7. The zero-order valence-corrected chi connectivity index (χ0v) is 19.1. The summed E-state index contributed by atoms with van der Waals surface area (Å²) in [5.41, 5.74) is 0. The van der Waals surface area contributed by atoms with E-state index in [1.54, 1.807) is 13.4 Å². The van der Waals surface area contributed by atoms with Gasteiger partial charge in [0.1, 0.15) is 5.76 Å². The second-order valence-electron chi connectivity index (χ2n) is 6.73. The van der Waals surface area contributed by atoms with Gasteiger partial charge in [-0.05, 0) is 44.2 Å². The van der Waals surface area contributed by atoms with Crippen LogP contribution in [0, 0.1) is 5.92 Å². The smallest absolute Gasteiger partial charge is 0.191 e. The second-order valence-corrected chi connectivity index (χ2v) is 6.73. The fraction of sp³-hybridized carbons (Fsp3) is 0.750. The summed E-state index contributed by atoms with van der Waals surface area (Å²) < 4.78 is 16.5. The molecule has 1 saturated carbocycles. The van der Waals surface area contributed by atoms with Crippen molar-refractivity contribution in [2.24, 2.45) is 10.9 Å². The number of nitrogens with zero attached hydrogens (tertiary/aromatic N) is 1. The van der Waals surface area contributed by atoms with Crippen LogP contribution >= 0.6 is 24.0 Å². The number of methoxy groups -OCH3 is 1. The molecule has 0 aromatic carbocycles. The summed E-state index contributed by atoms with van der Waals surface area (Å²) in [6.45, 7) is 5.81. The van der Waals surface area contributed by atoms with Crippen LogP contribution in [0.3, 0.4) is 0 Å². The number of ether oxygens (including phenoxy) is 2. The van der Waals surface area contributed by atoms with Gasteiger partial charge < -0.3 is 24.5 Å². The van der Waals surface area contributed by atoms with Gasteiger partial charge in [-0.3, -0.25) is 4.99 Å². The Hall–Kier alpha value is -0.800. The number of guanidine groups is 1. The highest BCUT2D eigenvalue weighted by atomic mass is 127. The molecular weight excluding hydrogens is 457 g/mol. The standard InChI is InChI=1S/C20H35N3O3.HI/c1-3-25-19(17-7-4-5-8-17)11-13-22-20(23-14-16-24-2)21-12-10-18-9-6-15-26-18;/h6,9,15,17,19H,3-5,7-8,10-14,16H2,1-2H3,(H2,21,22,23);1H. The van der Waals surface area contributed by atoms with E-state index in [4.69, 9.17) is 18.9 Å². The third-order valence-electron chi connectivity index (χ3n) is 4.83. The first-order valence-corrected chi connectivity index (χ1v) is 9.98. The minimum atomic E-state index is 0. The Morgan fingerprint density at radius 2 is 2.07 bits per heavy atom. The number of aliphatic imine (C=N–C) groups is 1. The molecule has 0 spiro atoms. The molecular formula is C20H36IN3O3. The van der Waals surface area contributed by atoms with Gasteiger partial charge in [0.05, 0.1) is 19.0 Å². The van der Waals surface area contributed by atoms with Gasteiger partial charge in [0, 0.05) is 39.8 Å². The average Bonchev–Trinajstić information content (AvgIpc) is 3.34. The third kappa shape index (κ3) is 9.80. The lowest BCUT2D eigenvalue weighted by Gasteiger charge is -2.22. The van der Waals surface area contributed by atoms with Gasteiger partial charge in [-0.2, -0.15) is 0 Å². The summed E-state index contributed by atoms with van der Waals surface area (Å²) in [6.07, 6.45) is 9.15. The quantitative estimate of drug-likeness (QED) is 0.202. The minimum Gasteiger partial charge on any atom is -0.469 e. The predicted octanol–water partition coefficient (Wildman–Crippen LogP) is 3.61. The lowest BCUT2D eigenvalue weighted by Crippen LogP contribution is -2.40. The number of furan rings is 1. The summed E-state index contributed by atoms with van der Waals surface area (Å²) in [5.74, 6) is 2.52. The Morgan fingerprint density at radius 3 is 2.74 bits per heavy atom. The van der Waals surface area contributed by atoms with Gasteiger partial charge >= 0.3 is 0 Å². The van der Waals surface area contributed by atoms with Crippen LogP contribution in [0.1, 0.15) is 44.8 Å². The van der Waals surface area contributed by atoms with E-state index in [9.17, 15) is 0 Å². The SMILES string of the molecule is CCOC(CCN=C(NCCOC)NCCc1ccco1)C1CCCC1.I. The van der Waals surface area contributed by atoms with E-state index in [1.165, 1.54) is 25.7 Å². The Morgan fingerprint density at radius 1 is 1.30 bits per heavy atom. The third-order valence-corrected chi connectivity index (χ3v) is 4.83. The fourth-order valence-electron chi connectivity index (χ4n) is 3.51. The molecule has 0 saturated heterocycles.